The van der Waals surface area contributed by atoms with E-state index in [0.717, 1.165) is 42.7 Å². The second-order valence-electron chi connectivity index (χ2n) is 14.2. The van der Waals surface area contributed by atoms with Gasteiger partial charge in [0.25, 0.3) is 11.5 Å². The molecule has 7 rings (SSSR count). The zero-order valence-corrected chi connectivity index (χ0v) is 32.9. The lowest BCUT2D eigenvalue weighted by Gasteiger charge is -2.36. The number of carbonyl (C=O) groups excluding carboxylic acids is 4. The number of aromatic nitrogens is 5. The van der Waals surface area contributed by atoms with Gasteiger partial charge in [0, 0.05) is 56.6 Å². The van der Waals surface area contributed by atoms with Gasteiger partial charge in [0.05, 0.1) is 33.6 Å². The number of nitrogens with one attached hydrogen (secondary N) is 3. The van der Waals surface area contributed by atoms with Crippen LogP contribution < -0.4 is 26.4 Å². The number of fused-ring (bicyclic) bond motifs is 1. The van der Waals surface area contributed by atoms with E-state index in [0.29, 0.717) is 48.6 Å². The van der Waals surface area contributed by atoms with Gasteiger partial charge in [-0.05, 0) is 74.8 Å². The third kappa shape index (κ3) is 8.38. The van der Waals surface area contributed by atoms with Crippen LogP contribution in [0.25, 0.3) is 11.0 Å². The van der Waals surface area contributed by atoms with Crippen LogP contribution in [-0.4, -0.2) is 84.0 Å². The van der Waals surface area contributed by atoms with Crippen molar-refractivity contribution in [2.45, 2.75) is 65.3 Å². The maximum Gasteiger partial charge on any atom is 0.348 e. The Bertz CT molecular complexity index is 2490. The molecule has 58 heavy (non-hydrogen) atoms. The number of benzene rings is 1. The summed E-state index contributed by atoms with van der Waals surface area (Å²) < 4.78 is 1.67. The fourth-order valence-corrected chi connectivity index (χ4v) is 8.22. The number of aryl methyl sites for hydroxylation is 2. The van der Waals surface area contributed by atoms with Gasteiger partial charge < -0.3 is 20.4 Å². The fraction of sp³-hybridized carbons (Fsp3) is 0.359. The molecule has 0 spiro atoms. The summed E-state index contributed by atoms with van der Waals surface area (Å²) >= 11 is 0.740. The van der Waals surface area contributed by atoms with Crippen molar-refractivity contribution in [1.29, 1.82) is 0 Å². The van der Waals surface area contributed by atoms with E-state index in [9.17, 15) is 34.1 Å². The number of rotatable bonds is 12. The molecule has 1 aliphatic heterocycles. The van der Waals surface area contributed by atoms with Gasteiger partial charge >= 0.3 is 5.00 Å². The summed E-state index contributed by atoms with van der Waals surface area (Å²) in [4.78, 5) is 97.2. The van der Waals surface area contributed by atoms with Crippen molar-refractivity contribution in [1.82, 2.24) is 29.4 Å². The normalized spacial score (nSPS) is 14.4. The van der Waals surface area contributed by atoms with Gasteiger partial charge in [-0.1, -0.05) is 25.0 Å². The average Bonchev–Trinajstić information content (AvgIpc) is 3.87. The molecule has 0 radical (unpaired) electrons. The van der Waals surface area contributed by atoms with Crippen LogP contribution in [0.5, 0.6) is 0 Å². The molecule has 1 saturated heterocycles. The molecule has 3 N–H and O–H groups in total. The molecule has 300 valence electrons. The number of nitrogens with zero attached hydrogens (tertiary/aromatic N) is 8. The first-order valence-corrected chi connectivity index (χ1v) is 19.7. The van der Waals surface area contributed by atoms with Crippen molar-refractivity contribution in [2.24, 2.45) is 0 Å². The highest BCUT2D eigenvalue weighted by atomic mass is 32.1. The third-order valence-electron chi connectivity index (χ3n) is 10.4. The third-order valence-corrected chi connectivity index (χ3v) is 11.4. The number of anilines is 5. The van der Waals surface area contributed by atoms with Gasteiger partial charge in [-0.3, -0.25) is 44.0 Å². The number of nitro groups is 1. The molecule has 2 aliphatic rings. The molecule has 0 atom stereocenters. The topological polar surface area (TPSA) is 228 Å². The zero-order chi connectivity index (χ0) is 41.1. The Morgan fingerprint density at radius 2 is 1.67 bits per heavy atom. The number of pyridine rings is 2. The van der Waals surface area contributed by atoms with Crippen molar-refractivity contribution in [2.75, 3.05) is 47.0 Å². The van der Waals surface area contributed by atoms with Gasteiger partial charge in [0.2, 0.25) is 17.8 Å². The van der Waals surface area contributed by atoms with Crippen molar-refractivity contribution >= 4 is 79.1 Å². The van der Waals surface area contributed by atoms with E-state index in [4.69, 9.17) is 4.98 Å². The van der Waals surface area contributed by atoms with Gasteiger partial charge in [-0.25, -0.2) is 15.0 Å². The van der Waals surface area contributed by atoms with E-state index < -0.39 is 16.7 Å². The maximum absolute atomic E-state index is 13.5. The fourth-order valence-electron chi connectivity index (χ4n) is 7.44. The van der Waals surface area contributed by atoms with Gasteiger partial charge in [-0.15, -0.1) is 0 Å². The quantitative estimate of drug-likeness (QED) is 0.0799. The van der Waals surface area contributed by atoms with Crippen LogP contribution in [-0.2, 0) is 9.59 Å². The lowest BCUT2D eigenvalue weighted by Crippen LogP contribution is -2.48. The Labute approximate surface area is 335 Å². The number of hydrogen-bond acceptors (Lipinski definition) is 14. The van der Waals surface area contributed by atoms with E-state index in [2.05, 4.69) is 35.8 Å². The Kier molecular flexibility index (Phi) is 11.5. The summed E-state index contributed by atoms with van der Waals surface area (Å²) in [5.41, 5.74) is 2.36. The minimum Gasteiger partial charge on any atom is -0.367 e. The van der Waals surface area contributed by atoms with Gasteiger partial charge in [-0.2, -0.15) is 4.98 Å². The van der Waals surface area contributed by atoms with E-state index in [1.807, 2.05) is 6.07 Å². The lowest BCUT2D eigenvalue weighted by atomic mass is 10.0. The molecular weight excluding hydrogens is 767 g/mol. The van der Waals surface area contributed by atoms with Crippen LogP contribution in [0, 0.1) is 24.0 Å². The second-order valence-corrected chi connectivity index (χ2v) is 15.2. The number of thiazole rings is 1. The summed E-state index contributed by atoms with van der Waals surface area (Å²) in [6.45, 7) is 6.67. The van der Waals surface area contributed by atoms with Gasteiger partial charge in [0.1, 0.15) is 17.2 Å². The Morgan fingerprint density at radius 1 is 0.931 bits per heavy atom. The summed E-state index contributed by atoms with van der Waals surface area (Å²) in [6, 6.07) is 10.0. The molecule has 0 bridgehead atoms. The molecule has 5 heterocycles. The van der Waals surface area contributed by atoms with E-state index in [1.54, 1.807) is 53.0 Å². The first-order valence-electron chi connectivity index (χ1n) is 18.9. The van der Waals surface area contributed by atoms with Crippen LogP contribution in [0.3, 0.4) is 0 Å². The standard InChI is InChI=1S/C39H41N11O7S/c1-22-28-21-41-38(45-34(28)49(25-8-4-5-9-25)36(55)33(22)24(3)51)44-30-13-12-26(20-40-30)47-16-18-48(19-17-47)32(53)15-14-31(52)43-29-11-7-6-10-27(29)35(54)46-39-42-23(2)37(58-39)50(56)57/h6-7,10-13,20-21,25H,4-5,8-9,14-19H2,1-3H3,(H,43,52)(H,42,46,54)(H,40,41,44,45). The summed E-state index contributed by atoms with van der Waals surface area (Å²) in [5.74, 6) is -0.694. The lowest BCUT2D eigenvalue weighted by molar-refractivity contribution is -0.380. The molecule has 2 fully saturated rings. The Balaban J connectivity index is 0.915. The van der Waals surface area contributed by atoms with Crippen molar-refractivity contribution in [3.63, 3.8) is 0 Å². The number of ketones is 1. The summed E-state index contributed by atoms with van der Waals surface area (Å²) in [5, 5.41) is 20.1. The Hall–Kier alpha value is -6.63. The molecule has 3 amide bonds. The highest BCUT2D eigenvalue weighted by Gasteiger charge is 2.27. The molecule has 1 aliphatic carbocycles. The summed E-state index contributed by atoms with van der Waals surface area (Å²) in [7, 11) is 0. The largest absolute Gasteiger partial charge is 0.367 e. The molecular formula is C39H41N11O7S. The SMILES string of the molecule is CC(=O)c1c(C)c2cnc(Nc3ccc(N4CCN(C(=O)CCC(=O)Nc5ccccc5C(=O)Nc5nc(C)c([N+](=O)[O-])s5)CC4)cn3)nc2n(C2CCCC2)c1=O. The highest BCUT2D eigenvalue weighted by Crippen LogP contribution is 2.33. The average molecular weight is 808 g/mol. The van der Waals surface area contributed by atoms with Crippen LogP contribution in [0.1, 0.15) is 83.5 Å². The molecule has 19 heteroatoms. The molecule has 18 nitrogen and oxygen atoms in total. The monoisotopic (exact) mass is 807 g/mol. The second kappa shape index (κ2) is 16.8. The van der Waals surface area contributed by atoms with E-state index >= 15 is 0 Å². The maximum atomic E-state index is 13.5. The smallest absolute Gasteiger partial charge is 0.348 e. The van der Waals surface area contributed by atoms with Gasteiger partial charge in [0.15, 0.2) is 10.9 Å². The Morgan fingerprint density at radius 3 is 2.34 bits per heavy atom. The zero-order valence-electron chi connectivity index (χ0n) is 32.1. The predicted molar refractivity (Wildman–Crippen MR) is 218 cm³/mol. The van der Waals surface area contributed by atoms with Crippen molar-refractivity contribution < 1.29 is 24.1 Å². The van der Waals surface area contributed by atoms with E-state index in [1.165, 1.54) is 19.9 Å². The minimum atomic E-state index is -0.596. The number of carbonyl (C=O) groups is 4. The molecule has 1 saturated carbocycles. The molecule has 4 aromatic heterocycles. The van der Waals surface area contributed by atoms with Crippen LogP contribution in [0.15, 0.2) is 53.6 Å². The number of Topliss-reactive ketones (excluding diaryl/α,β-unsaturated/α-hetero) is 1. The van der Waals surface area contributed by atoms with Crippen molar-refractivity contribution in [3.8, 4) is 0 Å². The minimum absolute atomic E-state index is 0.0186. The van der Waals surface area contributed by atoms with E-state index in [-0.39, 0.29) is 74.7 Å². The van der Waals surface area contributed by atoms with Crippen LogP contribution in [0.4, 0.5) is 33.3 Å². The number of hydrogen-bond donors (Lipinski definition) is 3. The summed E-state index contributed by atoms with van der Waals surface area (Å²) in [6.07, 6.45) is 6.97. The van der Waals surface area contributed by atoms with Crippen LogP contribution in [0.2, 0.25) is 0 Å². The molecule has 5 aromatic rings. The predicted octanol–water partition coefficient (Wildman–Crippen LogP) is 5.55. The number of amides is 3. The molecule has 0 unspecified atom stereocenters. The van der Waals surface area contributed by atoms with Crippen LogP contribution >= 0.6 is 11.3 Å². The first kappa shape index (κ1) is 39.6. The molecule has 1 aromatic carbocycles. The first-order chi connectivity index (χ1) is 27.9. The highest BCUT2D eigenvalue weighted by molar-refractivity contribution is 7.19. The van der Waals surface area contributed by atoms with Crippen molar-refractivity contribution in [3.05, 3.63) is 91.6 Å². The number of piperazine rings is 1. The number of para-hydroxylation sites is 1.